The van der Waals surface area contributed by atoms with E-state index in [1.165, 1.54) is 24.3 Å². The number of nitrogens with one attached hydrogen (secondary N) is 1. The first-order chi connectivity index (χ1) is 12.9. The van der Waals surface area contributed by atoms with Gasteiger partial charge in [-0.2, -0.15) is 13.2 Å². The summed E-state index contributed by atoms with van der Waals surface area (Å²) in [6.07, 6.45) is -6.77. The number of carboxylic acids is 1. The smallest absolute Gasteiger partial charge is 0.420 e. The highest BCUT2D eigenvalue weighted by molar-refractivity contribution is 6.32. The first kappa shape index (κ1) is 21.8. The Morgan fingerprint density at radius 3 is 2.36 bits per heavy atom. The van der Waals surface area contributed by atoms with Gasteiger partial charge in [0.1, 0.15) is 0 Å². The molecule has 0 amide bonds. The summed E-state index contributed by atoms with van der Waals surface area (Å²) in [5.74, 6) is -1.60. The Labute approximate surface area is 164 Å². The van der Waals surface area contributed by atoms with E-state index in [1.54, 1.807) is 20.8 Å². The standard InChI is InChI=1S/C19H19ClF3NO4/c1-9(2)28-16-14(19(21,22)23)7-11(8-15(16)20)17(25)24-12-4-5-13(18(26)27)10(3)6-12/h4-9,17,24-25H,1-3H3,(H,26,27). The second-order valence-corrected chi connectivity index (χ2v) is 6.83. The molecule has 0 aliphatic rings. The maximum Gasteiger partial charge on any atom is 0.420 e. The third-order valence-electron chi connectivity index (χ3n) is 3.80. The summed E-state index contributed by atoms with van der Waals surface area (Å²) in [6.45, 7) is 4.71. The number of carbonyl (C=O) groups is 1. The van der Waals surface area contributed by atoms with Crippen LogP contribution in [0, 0.1) is 6.92 Å². The van der Waals surface area contributed by atoms with Crippen LogP contribution in [-0.2, 0) is 6.18 Å². The van der Waals surface area contributed by atoms with Crippen LogP contribution in [0.1, 0.15) is 47.1 Å². The van der Waals surface area contributed by atoms with Crippen molar-refractivity contribution in [3.63, 3.8) is 0 Å². The number of rotatable bonds is 6. The van der Waals surface area contributed by atoms with Crippen LogP contribution in [-0.4, -0.2) is 22.3 Å². The normalized spacial score (nSPS) is 12.8. The predicted molar refractivity (Wildman–Crippen MR) is 98.9 cm³/mol. The quantitative estimate of drug-likeness (QED) is 0.559. The number of aliphatic hydroxyl groups is 1. The highest BCUT2D eigenvalue weighted by Gasteiger charge is 2.37. The van der Waals surface area contributed by atoms with Gasteiger partial charge in [0.15, 0.2) is 12.0 Å². The molecule has 9 heteroatoms. The van der Waals surface area contributed by atoms with Gasteiger partial charge in [0, 0.05) is 11.3 Å². The molecule has 0 fully saturated rings. The first-order valence-corrected chi connectivity index (χ1v) is 8.63. The highest BCUT2D eigenvalue weighted by Crippen LogP contribution is 2.42. The third-order valence-corrected chi connectivity index (χ3v) is 4.08. The number of carboxylic acid groups (broad SMARTS) is 1. The van der Waals surface area contributed by atoms with Crippen molar-refractivity contribution in [2.24, 2.45) is 0 Å². The number of ether oxygens (including phenoxy) is 1. The molecule has 0 aliphatic heterocycles. The van der Waals surface area contributed by atoms with Crippen molar-refractivity contribution in [1.82, 2.24) is 0 Å². The molecule has 5 nitrogen and oxygen atoms in total. The molecule has 2 rings (SSSR count). The maximum atomic E-state index is 13.4. The lowest BCUT2D eigenvalue weighted by Gasteiger charge is -2.21. The lowest BCUT2D eigenvalue weighted by Crippen LogP contribution is -2.16. The molecule has 0 heterocycles. The molecule has 2 aromatic carbocycles. The largest absolute Gasteiger partial charge is 0.489 e. The summed E-state index contributed by atoms with van der Waals surface area (Å²) < 4.78 is 45.5. The van der Waals surface area contributed by atoms with Gasteiger partial charge in [-0.3, -0.25) is 0 Å². The summed E-state index contributed by atoms with van der Waals surface area (Å²) in [5, 5.41) is 21.7. The van der Waals surface area contributed by atoms with Crippen molar-refractivity contribution < 1.29 is 32.9 Å². The van der Waals surface area contributed by atoms with E-state index in [4.69, 9.17) is 21.4 Å². The minimum atomic E-state index is -4.73. The van der Waals surface area contributed by atoms with E-state index in [0.29, 0.717) is 11.3 Å². The zero-order chi connectivity index (χ0) is 21.2. The summed E-state index contributed by atoms with van der Waals surface area (Å²) in [4.78, 5) is 11.1. The fraction of sp³-hybridized carbons (Fsp3) is 0.316. The van der Waals surface area contributed by atoms with Crippen molar-refractivity contribution in [3.05, 3.63) is 57.6 Å². The topological polar surface area (TPSA) is 78.8 Å². The number of hydrogen-bond donors (Lipinski definition) is 3. The highest BCUT2D eigenvalue weighted by atomic mass is 35.5. The number of benzene rings is 2. The van der Waals surface area contributed by atoms with Crippen LogP contribution in [0.2, 0.25) is 5.02 Å². The Balaban J connectivity index is 2.38. The Morgan fingerprint density at radius 1 is 1.21 bits per heavy atom. The summed E-state index contributed by atoms with van der Waals surface area (Å²) in [7, 11) is 0. The van der Waals surface area contributed by atoms with Gasteiger partial charge >= 0.3 is 12.1 Å². The molecule has 0 spiro atoms. The fourth-order valence-electron chi connectivity index (χ4n) is 2.57. The van der Waals surface area contributed by atoms with E-state index in [1.807, 2.05) is 0 Å². The Bertz CT molecular complexity index is 884. The van der Waals surface area contributed by atoms with Crippen LogP contribution in [0.4, 0.5) is 18.9 Å². The average Bonchev–Trinajstić information content (AvgIpc) is 2.54. The summed E-state index contributed by atoms with van der Waals surface area (Å²) >= 11 is 5.98. The number of halogens is 4. The van der Waals surface area contributed by atoms with Gasteiger partial charge < -0.3 is 20.3 Å². The van der Waals surface area contributed by atoms with Crippen molar-refractivity contribution in [2.45, 2.75) is 39.3 Å². The van der Waals surface area contributed by atoms with Crippen LogP contribution in [0.15, 0.2) is 30.3 Å². The monoisotopic (exact) mass is 417 g/mol. The van der Waals surface area contributed by atoms with Gasteiger partial charge in [0.2, 0.25) is 0 Å². The molecule has 0 saturated heterocycles. The number of aryl methyl sites for hydroxylation is 1. The van der Waals surface area contributed by atoms with E-state index >= 15 is 0 Å². The van der Waals surface area contributed by atoms with Crippen molar-refractivity contribution in [3.8, 4) is 5.75 Å². The zero-order valence-corrected chi connectivity index (χ0v) is 16.0. The number of alkyl halides is 3. The van der Waals surface area contributed by atoms with Gasteiger partial charge in [-0.15, -0.1) is 0 Å². The molecule has 1 unspecified atom stereocenters. The molecule has 0 aromatic heterocycles. The van der Waals surface area contributed by atoms with Gasteiger partial charge in [-0.1, -0.05) is 11.6 Å². The minimum absolute atomic E-state index is 0.0811. The number of anilines is 1. The molecule has 0 aliphatic carbocycles. The van der Waals surface area contributed by atoms with Crippen LogP contribution in [0.25, 0.3) is 0 Å². The Kier molecular flexibility index (Phi) is 6.46. The van der Waals surface area contributed by atoms with Crippen LogP contribution >= 0.6 is 11.6 Å². The fourth-order valence-corrected chi connectivity index (χ4v) is 2.85. The zero-order valence-electron chi connectivity index (χ0n) is 15.3. The van der Waals surface area contributed by atoms with Crippen LogP contribution in [0.3, 0.4) is 0 Å². The molecule has 28 heavy (non-hydrogen) atoms. The van der Waals surface area contributed by atoms with E-state index < -0.39 is 35.8 Å². The van der Waals surface area contributed by atoms with E-state index in [-0.39, 0.29) is 16.1 Å². The van der Waals surface area contributed by atoms with Gasteiger partial charge in [0.05, 0.1) is 22.3 Å². The van der Waals surface area contributed by atoms with Gasteiger partial charge in [-0.05, 0) is 56.7 Å². The Hall–Kier alpha value is -2.45. The van der Waals surface area contributed by atoms with Crippen LogP contribution in [0.5, 0.6) is 5.75 Å². The third kappa shape index (κ3) is 5.08. The second-order valence-electron chi connectivity index (χ2n) is 6.43. The molecular formula is C19H19ClF3NO4. The molecular weight excluding hydrogens is 399 g/mol. The number of aromatic carboxylic acids is 1. The van der Waals surface area contributed by atoms with Crippen molar-refractivity contribution in [1.29, 1.82) is 0 Å². The van der Waals surface area contributed by atoms with Crippen molar-refractivity contribution >= 4 is 23.3 Å². The molecule has 0 bridgehead atoms. The molecule has 2 aromatic rings. The molecule has 1 atom stereocenters. The molecule has 152 valence electrons. The predicted octanol–water partition coefficient (Wildman–Crippen LogP) is 5.26. The summed E-state index contributed by atoms with van der Waals surface area (Å²) in [5.41, 5.74) is -0.366. The van der Waals surface area contributed by atoms with Gasteiger partial charge in [-0.25, -0.2) is 4.79 Å². The lowest BCUT2D eigenvalue weighted by molar-refractivity contribution is -0.139. The van der Waals surface area contributed by atoms with Gasteiger partial charge in [0.25, 0.3) is 0 Å². The maximum absolute atomic E-state index is 13.4. The first-order valence-electron chi connectivity index (χ1n) is 8.26. The summed E-state index contributed by atoms with van der Waals surface area (Å²) in [6, 6.07) is 6.15. The van der Waals surface area contributed by atoms with Crippen LogP contribution < -0.4 is 10.1 Å². The van der Waals surface area contributed by atoms with E-state index in [9.17, 15) is 23.1 Å². The number of aliphatic hydroxyl groups excluding tert-OH is 1. The molecule has 0 radical (unpaired) electrons. The minimum Gasteiger partial charge on any atom is -0.489 e. The Morgan fingerprint density at radius 2 is 1.86 bits per heavy atom. The SMILES string of the molecule is Cc1cc(NC(O)c2cc(Cl)c(OC(C)C)c(C(F)(F)F)c2)ccc1C(=O)O. The van der Waals surface area contributed by atoms with E-state index in [0.717, 1.165) is 6.07 Å². The molecule has 3 N–H and O–H groups in total. The van der Waals surface area contributed by atoms with E-state index in [2.05, 4.69) is 5.32 Å². The second kappa shape index (κ2) is 8.28. The molecule has 0 saturated carbocycles. The number of hydrogen-bond acceptors (Lipinski definition) is 4. The van der Waals surface area contributed by atoms with Crippen molar-refractivity contribution in [2.75, 3.05) is 5.32 Å². The lowest BCUT2D eigenvalue weighted by atomic mass is 10.1. The average molecular weight is 418 g/mol.